The van der Waals surface area contributed by atoms with Crippen LogP contribution < -0.4 is 5.73 Å². The van der Waals surface area contributed by atoms with Gasteiger partial charge in [0.25, 0.3) is 0 Å². The summed E-state index contributed by atoms with van der Waals surface area (Å²) in [5.41, 5.74) is 7.33. The van der Waals surface area contributed by atoms with Crippen molar-refractivity contribution in [3.8, 4) is 0 Å². The summed E-state index contributed by atoms with van der Waals surface area (Å²) in [4.78, 5) is 14.0. The second kappa shape index (κ2) is 4.22. The number of nitrogens with two attached hydrogens (primary N) is 1. The van der Waals surface area contributed by atoms with Gasteiger partial charge in [-0.25, -0.2) is 15.0 Å². The van der Waals surface area contributed by atoms with E-state index in [2.05, 4.69) is 15.0 Å². The lowest BCUT2D eigenvalue weighted by Gasteiger charge is -2.02. The first kappa shape index (κ1) is 11.4. The van der Waals surface area contributed by atoms with E-state index in [1.54, 1.807) is 23.6 Å². The molecule has 0 saturated heterocycles. The normalized spacial score (nSPS) is 11.2. The first-order valence-electron chi connectivity index (χ1n) is 5.32. The van der Waals surface area contributed by atoms with Gasteiger partial charge in [0.2, 0.25) is 5.95 Å². The molecule has 2 N–H and O–H groups in total. The molecule has 0 amide bonds. The quantitative estimate of drug-likeness (QED) is 0.782. The molecule has 0 spiro atoms. The minimum atomic E-state index is 0.424. The molecule has 3 heterocycles. The molecule has 0 aliphatic heterocycles. The van der Waals surface area contributed by atoms with Crippen molar-refractivity contribution in [3.05, 3.63) is 33.4 Å². The number of anilines is 1. The van der Waals surface area contributed by atoms with E-state index >= 15 is 0 Å². The molecule has 5 nitrogen and oxygen atoms in total. The molecule has 0 aliphatic rings. The van der Waals surface area contributed by atoms with Crippen LogP contribution in [-0.2, 0) is 6.54 Å². The molecule has 7 heteroatoms. The Bertz CT molecular complexity index is 717. The zero-order chi connectivity index (χ0) is 12.7. The Hall–Kier alpha value is -1.66. The Balaban J connectivity index is 2.08. The van der Waals surface area contributed by atoms with E-state index in [0.717, 1.165) is 10.7 Å². The van der Waals surface area contributed by atoms with E-state index in [9.17, 15) is 0 Å². The van der Waals surface area contributed by atoms with Gasteiger partial charge in [-0.2, -0.15) is 0 Å². The third-order valence-corrected chi connectivity index (χ3v) is 3.65. The number of nitrogens with zero attached hydrogens (tertiary/aromatic N) is 4. The second-order valence-electron chi connectivity index (χ2n) is 3.92. The number of hydrogen-bond acceptors (Lipinski definition) is 5. The Labute approximate surface area is 112 Å². The summed E-state index contributed by atoms with van der Waals surface area (Å²) in [6.07, 6.45) is 3.44. The van der Waals surface area contributed by atoms with Crippen LogP contribution in [0.25, 0.3) is 11.2 Å². The van der Waals surface area contributed by atoms with Gasteiger partial charge in [0.05, 0.1) is 11.6 Å². The van der Waals surface area contributed by atoms with Gasteiger partial charge in [0.15, 0.2) is 5.65 Å². The van der Waals surface area contributed by atoms with Gasteiger partial charge in [0, 0.05) is 17.3 Å². The Morgan fingerprint density at radius 3 is 2.94 bits per heavy atom. The monoisotopic (exact) mass is 279 g/mol. The predicted octanol–water partition coefficient (Wildman–Crippen LogP) is 2.48. The molecule has 0 unspecified atom stereocenters. The highest BCUT2D eigenvalue weighted by molar-refractivity contribution is 7.11. The largest absolute Gasteiger partial charge is 0.369 e. The fourth-order valence-electron chi connectivity index (χ4n) is 1.77. The molecule has 0 atom stereocenters. The van der Waals surface area contributed by atoms with Crippen LogP contribution in [0.4, 0.5) is 5.95 Å². The maximum absolute atomic E-state index is 5.90. The lowest BCUT2D eigenvalue weighted by atomic mass is 10.4. The summed E-state index contributed by atoms with van der Waals surface area (Å²) >= 11 is 7.52. The zero-order valence-electron chi connectivity index (χ0n) is 9.59. The van der Waals surface area contributed by atoms with Crippen molar-refractivity contribution in [2.24, 2.45) is 0 Å². The predicted molar refractivity (Wildman–Crippen MR) is 72.9 cm³/mol. The minimum absolute atomic E-state index is 0.424. The van der Waals surface area contributed by atoms with E-state index in [4.69, 9.17) is 17.3 Å². The molecular formula is C11H10ClN5S. The SMILES string of the molecule is Cc1cnc(Cn2c(N)nc3cc(Cl)cnc32)s1. The number of hydrogen-bond donors (Lipinski definition) is 1. The second-order valence-corrected chi connectivity index (χ2v) is 5.67. The van der Waals surface area contributed by atoms with Crippen LogP contribution in [-0.4, -0.2) is 19.5 Å². The molecule has 0 saturated carbocycles. The van der Waals surface area contributed by atoms with Crippen molar-refractivity contribution in [2.45, 2.75) is 13.5 Å². The van der Waals surface area contributed by atoms with E-state index in [0.29, 0.717) is 23.0 Å². The highest BCUT2D eigenvalue weighted by Crippen LogP contribution is 2.21. The van der Waals surface area contributed by atoms with E-state index in [-0.39, 0.29) is 0 Å². The van der Waals surface area contributed by atoms with Crippen LogP contribution in [0.1, 0.15) is 9.88 Å². The topological polar surface area (TPSA) is 69.6 Å². The first-order valence-corrected chi connectivity index (χ1v) is 6.51. The van der Waals surface area contributed by atoms with Crippen LogP contribution >= 0.6 is 22.9 Å². The number of thiazole rings is 1. The summed E-state index contributed by atoms with van der Waals surface area (Å²) in [6, 6.07) is 1.75. The van der Waals surface area contributed by atoms with E-state index in [1.165, 1.54) is 4.88 Å². The molecule has 18 heavy (non-hydrogen) atoms. The molecule has 0 aromatic carbocycles. The maximum Gasteiger partial charge on any atom is 0.202 e. The summed E-state index contributed by atoms with van der Waals surface area (Å²) in [5.74, 6) is 0.424. The van der Waals surface area contributed by atoms with Gasteiger partial charge in [0.1, 0.15) is 10.5 Å². The van der Waals surface area contributed by atoms with Crippen molar-refractivity contribution in [1.82, 2.24) is 19.5 Å². The molecular weight excluding hydrogens is 270 g/mol. The highest BCUT2D eigenvalue weighted by atomic mass is 35.5. The van der Waals surface area contributed by atoms with Gasteiger partial charge in [-0.15, -0.1) is 11.3 Å². The number of imidazole rings is 1. The fraction of sp³-hybridized carbons (Fsp3) is 0.182. The van der Waals surface area contributed by atoms with Gasteiger partial charge in [-0.3, -0.25) is 4.57 Å². The average Bonchev–Trinajstić information content (AvgIpc) is 2.84. The van der Waals surface area contributed by atoms with Crippen LogP contribution in [0.3, 0.4) is 0 Å². The fourth-order valence-corrected chi connectivity index (χ4v) is 2.70. The van der Waals surface area contributed by atoms with Crippen molar-refractivity contribution < 1.29 is 0 Å². The van der Waals surface area contributed by atoms with Gasteiger partial charge in [-0.1, -0.05) is 11.6 Å². The summed E-state index contributed by atoms with van der Waals surface area (Å²) in [5, 5.41) is 1.53. The van der Waals surface area contributed by atoms with Crippen molar-refractivity contribution in [1.29, 1.82) is 0 Å². The maximum atomic E-state index is 5.90. The first-order chi connectivity index (χ1) is 8.63. The number of halogens is 1. The van der Waals surface area contributed by atoms with Gasteiger partial charge >= 0.3 is 0 Å². The van der Waals surface area contributed by atoms with Crippen LogP contribution in [0, 0.1) is 6.92 Å². The Kier molecular flexibility index (Phi) is 2.68. The van der Waals surface area contributed by atoms with Crippen molar-refractivity contribution >= 4 is 40.0 Å². The number of fused-ring (bicyclic) bond motifs is 1. The van der Waals surface area contributed by atoms with Crippen LogP contribution in [0.2, 0.25) is 5.02 Å². The number of pyridine rings is 1. The summed E-state index contributed by atoms with van der Waals surface area (Å²) in [6.45, 7) is 2.60. The average molecular weight is 280 g/mol. The van der Waals surface area contributed by atoms with Gasteiger partial charge in [-0.05, 0) is 13.0 Å². The molecule has 0 fully saturated rings. The Morgan fingerprint density at radius 2 is 2.22 bits per heavy atom. The third-order valence-electron chi connectivity index (χ3n) is 2.54. The number of rotatable bonds is 2. The molecule has 3 aromatic heterocycles. The third kappa shape index (κ3) is 1.93. The molecule has 92 valence electrons. The number of aryl methyl sites for hydroxylation is 1. The molecule has 0 bridgehead atoms. The number of nitrogen functional groups attached to an aromatic ring is 1. The van der Waals surface area contributed by atoms with E-state index in [1.807, 2.05) is 17.7 Å². The highest BCUT2D eigenvalue weighted by Gasteiger charge is 2.11. The minimum Gasteiger partial charge on any atom is -0.369 e. The lowest BCUT2D eigenvalue weighted by molar-refractivity contribution is 0.819. The zero-order valence-corrected chi connectivity index (χ0v) is 11.2. The standard InChI is InChI=1S/C11H10ClN5S/c1-6-3-14-9(18-6)5-17-10-8(16-11(17)13)2-7(12)4-15-10/h2-4H,5H2,1H3,(H2,13,16). The summed E-state index contributed by atoms with van der Waals surface area (Å²) in [7, 11) is 0. The molecule has 3 rings (SSSR count). The smallest absolute Gasteiger partial charge is 0.202 e. The van der Waals surface area contributed by atoms with E-state index < -0.39 is 0 Å². The van der Waals surface area contributed by atoms with Crippen LogP contribution in [0.5, 0.6) is 0 Å². The van der Waals surface area contributed by atoms with Crippen molar-refractivity contribution in [2.75, 3.05) is 5.73 Å². The Morgan fingerprint density at radius 1 is 1.39 bits per heavy atom. The molecule has 3 aromatic rings. The molecule has 0 aliphatic carbocycles. The number of aromatic nitrogens is 4. The lowest BCUT2D eigenvalue weighted by Crippen LogP contribution is -2.04. The van der Waals surface area contributed by atoms with Gasteiger partial charge < -0.3 is 5.73 Å². The van der Waals surface area contributed by atoms with Crippen molar-refractivity contribution in [3.63, 3.8) is 0 Å². The van der Waals surface area contributed by atoms with Crippen LogP contribution in [0.15, 0.2) is 18.5 Å². The summed E-state index contributed by atoms with van der Waals surface area (Å²) < 4.78 is 1.84. The molecule has 0 radical (unpaired) electrons.